The van der Waals surface area contributed by atoms with Gasteiger partial charge in [-0.3, -0.25) is 4.79 Å². The number of sulfonamides is 1. The smallest absolute Gasteiger partial charge is 0.246 e. The summed E-state index contributed by atoms with van der Waals surface area (Å²) in [5.74, 6) is 0.798. The summed E-state index contributed by atoms with van der Waals surface area (Å²) in [6.45, 7) is 1.48. The van der Waals surface area contributed by atoms with Crippen molar-refractivity contribution in [3.8, 4) is 5.75 Å². The van der Waals surface area contributed by atoms with Gasteiger partial charge in [-0.15, -0.1) is 0 Å². The van der Waals surface area contributed by atoms with E-state index in [0.717, 1.165) is 32.4 Å². The molecule has 1 amide bonds. The lowest BCUT2D eigenvalue weighted by Crippen LogP contribution is -2.37. The zero-order chi connectivity index (χ0) is 21.6. The van der Waals surface area contributed by atoms with Gasteiger partial charge in [0.1, 0.15) is 10.6 Å². The van der Waals surface area contributed by atoms with Gasteiger partial charge < -0.3 is 9.64 Å². The van der Waals surface area contributed by atoms with Crippen LogP contribution in [-0.4, -0.2) is 46.5 Å². The van der Waals surface area contributed by atoms with Crippen molar-refractivity contribution in [1.29, 1.82) is 0 Å². The third-order valence-electron chi connectivity index (χ3n) is 5.46. The van der Waals surface area contributed by atoms with Gasteiger partial charge in [0.05, 0.1) is 7.11 Å². The number of likely N-dealkylation sites (tertiary alicyclic amines) is 1. The summed E-state index contributed by atoms with van der Waals surface area (Å²) in [7, 11) is -0.888. The van der Waals surface area contributed by atoms with Gasteiger partial charge in [0.15, 0.2) is 0 Å². The molecule has 1 fully saturated rings. The quantitative estimate of drug-likeness (QED) is 0.688. The molecule has 2 aromatic rings. The molecule has 1 aliphatic rings. The van der Waals surface area contributed by atoms with Crippen LogP contribution in [-0.2, 0) is 21.2 Å². The number of methoxy groups -OCH3 is 1. The SMILES string of the molecule is CNS(=O)(=O)c1cc(/C=C/C(=O)N2CCC(Cc3ccccc3)CC2)ccc1OC. The number of carbonyl (C=O) groups is 1. The molecule has 0 atom stereocenters. The Bertz CT molecular complexity index is 995. The fourth-order valence-corrected chi connectivity index (χ4v) is 4.62. The van der Waals surface area contributed by atoms with Crippen LogP contribution in [0.25, 0.3) is 6.08 Å². The number of hydrogen-bond acceptors (Lipinski definition) is 4. The van der Waals surface area contributed by atoms with E-state index in [9.17, 15) is 13.2 Å². The van der Waals surface area contributed by atoms with Crippen LogP contribution in [0.1, 0.15) is 24.0 Å². The molecule has 6 nitrogen and oxygen atoms in total. The van der Waals surface area contributed by atoms with Crippen molar-refractivity contribution in [3.63, 3.8) is 0 Å². The van der Waals surface area contributed by atoms with Crippen LogP contribution in [0.4, 0.5) is 0 Å². The van der Waals surface area contributed by atoms with E-state index in [1.807, 2.05) is 11.0 Å². The van der Waals surface area contributed by atoms with E-state index in [-0.39, 0.29) is 16.6 Å². The second-order valence-electron chi connectivity index (χ2n) is 7.41. The summed E-state index contributed by atoms with van der Waals surface area (Å²) in [6.07, 6.45) is 6.18. The molecule has 160 valence electrons. The van der Waals surface area contributed by atoms with E-state index >= 15 is 0 Å². The van der Waals surface area contributed by atoms with Crippen LogP contribution >= 0.6 is 0 Å². The van der Waals surface area contributed by atoms with Gasteiger partial charge in [0, 0.05) is 19.2 Å². The Morgan fingerprint density at radius 1 is 1.17 bits per heavy atom. The summed E-state index contributed by atoms with van der Waals surface area (Å²) in [4.78, 5) is 14.5. The van der Waals surface area contributed by atoms with Gasteiger partial charge in [0.25, 0.3) is 0 Å². The Hall–Kier alpha value is -2.64. The lowest BCUT2D eigenvalue weighted by Gasteiger charge is -2.31. The minimum atomic E-state index is -3.66. The Balaban J connectivity index is 1.61. The highest BCUT2D eigenvalue weighted by Gasteiger charge is 2.22. The molecule has 0 aromatic heterocycles. The highest BCUT2D eigenvalue weighted by molar-refractivity contribution is 7.89. The molecule has 0 spiro atoms. The molecule has 30 heavy (non-hydrogen) atoms. The van der Waals surface area contributed by atoms with E-state index in [2.05, 4.69) is 29.0 Å². The molecule has 1 heterocycles. The van der Waals surface area contributed by atoms with Crippen LogP contribution in [0.2, 0.25) is 0 Å². The highest BCUT2D eigenvalue weighted by Crippen LogP contribution is 2.25. The highest BCUT2D eigenvalue weighted by atomic mass is 32.2. The van der Waals surface area contributed by atoms with E-state index in [1.165, 1.54) is 31.9 Å². The average molecular weight is 429 g/mol. The summed E-state index contributed by atoms with van der Waals surface area (Å²) in [5.41, 5.74) is 1.96. The van der Waals surface area contributed by atoms with Crippen LogP contribution in [0.15, 0.2) is 59.5 Å². The van der Waals surface area contributed by atoms with Crippen molar-refractivity contribution in [3.05, 3.63) is 65.7 Å². The molecule has 0 radical (unpaired) electrons. The Kier molecular flexibility index (Phi) is 7.29. The third kappa shape index (κ3) is 5.49. The number of benzene rings is 2. The van der Waals surface area contributed by atoms with Gasteiger partial charge in [-0.1, -0.05) is 36.4 Å². The predicted molar refractivity (Wildman–Crippen MR) is 118 cm³/mol. The zero-order valence-electron chi connectivity index (χ0n) is 17.4. The molecule has 1 N–H and O–H groups in total. The normalized spacial score (nSPS) is 15.5. The molecule has 3 rings (SSSR count). The van der Waals surface area contributed by atoms with Crippen LogP contribution in [0.3, 0.4) is 0 Å². The van der Waals surface area contributed by atoms with Crippen molar-refractivity contribution in [2.75, 3.05) is 27.2 Å². The third-order valence-corrected chi connectivity index (χ3v) is 6.89. The van der Waals surface area contributed by atoms with Gasteiger partial charge in [0.2, 0.25) is 15.9 Å². The van der Waals surface area contributed by atoms with E-state index in [0.29, 0.717) is 11.5 Å². The Morgan fingerprint density at radius 2 is 1.87 bits per heavy atom. The van der Waals surface area contributed by atoms with Crippen LogP contribution in [0.5, 0.6) is 5.75 Å². The summed E-state index contributed by atoms with van der Waals surface area (Å²) < 4.78 is 31.8. The first kappa shape index (κ1) is 22.1. The lowest BCUT2D eigenvalue weighted by molar-refractivity contribution is -0.127. The fourth-order valence-electron chi connectivity index (χ4n) is 3.69. The van der Waals surface area contributed by atoms with Crippen molar-refractivity contribution >= 4 is 22.0 Å². The van der Waals surface area contributed by atoms with Crippen LogP contribution in [0, 0.1) is 5.92 Å². The number of nitrogens with zero attached hydrogens (tertiary/aromatic N) is 1. The summed E-state index contributed by atoms with van der Waals surface area (Å²) in [5, 5.41) is 0. The van der Waals surface area contributed by atoms with Gasteiger partial charge in [-0.05, 0) is 61.6 Å². The number of ether oxygens (including phenoxy) is 1. The topological polar surface area (TPSA) is 75.7 Å². The Labute approximate surface area is 178 Å². The maximum absolute atomic E-state index is 12.6. The molecular formula is C23H28N2O4S. The number of piperidine rings is 1. The number of hydrogen-bond donors (Lipinski definition) is 1. The lowest BCUT2D eigenvalue weighted by atomic mass is 9.90. The van der Waals surface area contributed by atoms with Crippen molar-refractivity contribution in [1.82, 2.24) is 9.62 Å². The Morgan fingerprint density at radius 3 is 2.50 bits per heavy atom. The fraction of sp³-hybridized carbons (Fsp3) is 0.348. The largest absolute Gasteiger partial charge is 0.495 e. The van der Waals surface area contributed by atoms with E-state index in [4.69, 9.17) is 4.74 Å². The maximum atomic E-state index is 12.6. The summed E-state index contributed by atoms with van der Waals surface area (Å²) >= 11 is 0. The minimum absolute atomic E-state index is 0.0452. The maximum Gasteiger partial charge on any atom is 0.246 e. The zero-order valence-corrected chi connectivity index (χ0v) is 18.2. The monoisotopic (exact) mass is 428 g/mol. The average Bonchev–Trinajstić information content (AvgIpc) is 2.78. The number of amides is 1. The van der Waals surface area contributed by atoms with Gasteiger partial charge >= 0.3 is 0 Å². The van der Waals surface area contributed by atoms with Gasteiger partial charge in [-0.25, -0.2) is 13.1 Å². The van der Waals surface area contributed by atoms with Crippen LogP contribution < -0.4 is 9.46 Å². The molecule has 0 aliphatic carbocycles. The molecule has 1 saturated heterocycles. The second-order valence-corrected chi connectivity index (χ2v) is 9.26. The molecular weight excluding hydrogens is 400 g/mol. The number of nitrogens with one attached hydrogen (secondary N) is 1. The molecule has 0 unspecified atom stereocenters. The van der Waals surface area contributed by atoms with E-state index < -0.39 is 10.0 Å². The van der Waals surface area contributed by atoms with Crippen molar-refractivity contribution in [2.24, 2.45) is 5.92 Å². The van der Waals surface area contributed by atoms with E-state index in [1.54, 1.807) is 18.2 Å². The molecule has 0 saturated carbocycles. The molecule has 2 aromatic carbocycles. The number of carbonyl (C=O) groups excluding carboxylic acids is 1. The second kappa shape index (κ2) is 9.91. The first-order valence-corrected chi connectivity index (χ1v) is 11.5. The molecule has 0 bridgehead atoms. The van der Waals surface area contributed by atoms with Crippen molar-refractivity contribution < 1.29 is 17.9 Å². The predicted octanol–water partition coefficient (Wildman–Crippen LogP) is 3.10. The molecule has 1 aliphatic heterocycles. The minimum Gasteiger partial charge on any atom is -0.495 e. The summed E-state index contributed by atoms with van der Waals surface area (Å²) in [6, 6.07) is 15.3. The standard InChI is InChI=1S/C23H28N2O4S/c1-24-30(27,28)22-17-19(8-10-21(22)29-2)9-11-23(26)25-14-12-20(13-15-25)16-18-6-4-3-5-7-18/h3-11,17,20,24H,12-16H2,1-2H3/b11-9+. The first-order valence-electron chi connectivity index (χ1n) is 10.1. The number of rotatable bonds is 7. The first-order chi connectivity index (χ1) is 14.4. The van der Waals surface area contributed by atoms with Gasteiger partial charge in [-0.2, -0.15) is 0 Å². The van der Waals surface area contributed by atoms with Crippen molar-refractivity contribution in [2.45, 2.75) is 24.2 Å². The molecule has 7 heteroatoms.